The molecule has 2 rings (SSSR count). The number of likely N-dealkylation sites (tertiary alicyclic amines) is 1. The van der Waals surface area contributed by atoms with Gasteiger partial charge in [0.1, 0.15) is 5.75 Å². The molecule has 0 aliphatic carbocycles. The number of guanidine groups is 1. The van der Waals surface area contributed by atoms with Crippen molar-refractivity contribution < 1.29 is 22.7 Å². The van der Waals surface area contributed by atoms with Crippen LogP contribution < -0.4 is 15.4 Å². The van der Waals surface area contributed by atoms with E-state index in [9.17, 15) is 18.0 Å². The van der Waals surface area contributed by atoms with E-state index >= 15 is 0 Å². The molecule has 10 heteroatoms. The van der Waals surface area contributed by atoms with Crippen LogP contribution in [0.1, 0.15) is 24.8 Å². The topological polar surface area (TPSA) is 69.2 Å². The van der Waals surface area contributed by atoms with Gasteiger partial charge in [-0.25, -0.2) is 0 Å². The van der Waals surface area contributed by atoms with Gasteiger partial charge in [-0.05, 0) is 31.9 Å². The number of carbonyl (C=O) groups excluding carboxylic acids is 1. The second-order valence-corrected chi connectivity index (χ2v) is 7.29. The number of alkyl halides is 3. The Morgan fingerprint density at radius 3 is 2.70 bits per heavy atom. The van der Waals surface area contributed by atoms with Crippen LogP contribution in [0, 0.1) is 0 Å². The summed E-state index contributed by atoms with van der Waals surface area (Å²) < 4.78 is 41.7. The standard InChI is InChI=1S/C20H30F3N5O2/c1-24-19(26-14-15-8-4-5-10-17(15)30-20(21,22)23)25-11-7-13-28-12-6-9-16(28)18(29)27(2)3/h4-5,8,10,16H,6-7,9,11-14H2,1-3H3,(H2,24,25,26). The average molecular weight is 429 g/mol. The molecule has 1 saturated heterocycles. The smallest absolute Gasteiger partial charge is 0.405 e. The van der Waals surface area contributed by atoms with Gasteiger partial charge in [-0.3, -0.25) is 14.7 Å². The lowest BCUT2D eigenvalue weighted by atomic mass is 10.2. The highest BCUT2D eigenvalue weighted by molar-refractivity contribution is 5.81. The first-order valence-corrected chi connectivity index (χ1v) is 9.94. The van der Waals surface area contributed by atoms with Gasteiger partial charge in [0, 0.05) is 46.3 Å². The highest BCUT2D eigenvalue weighted by Crippen LogP contribution is 2.26. The van der Waals surface area contributed by atoms with Crippen LogP contribution in [0.5, 0.6) is 5.75 Å². The summed E-state index contributed by atoms with van der Waals surface area (Å²) in [6.45, 7) is 2.46. The van der Waals surface area contributed by atoms with Crippen molar-refractivity contribution in [3.05, 3.63) is 29.8 Å². The fraction of sp³-hybridized carbons (Fsp3) is 0.600. The van der Waals surface area contributed by atoms with Crippen molar-refractivity contribution >= 4 is 11.9 Å². The summed E-state index contributed by atoms with van der Waals surface area (Å²) in [6, 6.07) is 5.93. The Balaban J connectivity index is 1.78. The van der Waals surface area contributed by atoms with Gasteiger partial charge in [0.05, 0.1) is 6.04 Å². The monoisotopic (exact) mass is 429 g/mol. The SMILES string of the molecule is CN=C(NCCCN1CCCC1C(=O)N(C)C)NCc1ccccc1OC(F)(F)F. The molecular formula is C20H30F3N5O2. The zero-order chi connectivity index (χ0) is 22.1. The van der Waals surface area contributed by atoms with E-state index in [2.05, 4.69) is 25.3 Å². The maximum absolute atomic E-state index is 12.5. The third-order valence-electron chi connectivity index (χ3n) is 4.87. The van der Waals surface area contributed by atoms with Crippen molar-refractivity contribution in [3.8, 4) is 5.75 Å². The van der Waals surface area contributed by atoms with Crippen molar-refractivity contribution in [3.63, 3.8) is 0 Å². The summed E-state index contributed by atoms with van der Waals surface area (Å²) in [4.78, 5) is 20.2. The molecule has 1 aliphatic heterocycles. The summed E-state index contributed by atoms with van der Waals surface area (Å²) in [5.74, 6) is 0.385. The van der Waals surface area contributed by atoms with Crippen LogP contribution in [0.4, 0.5) is 13.2 Å². The van der Waals surface area contributed by atoms with Gasteiger partial charge in [-0.1, -0.05) is 18.2 Å². The molecule has 1 aromatic rings. The molecule has 7 nitrogen and oxygen atoms in total. The molecule has 1 amide bonds. The number of amides is 1. The van der Waals surface area contributed by atoms with Gasteiger partial charge in [-0.15, -0.1) is 13.2 Å². The number of nitrogens with zero attached hydrogens (tertiary/aromatic N) is 3. The largest absolute Gasteiger partial charge is 0.573 e. The minimum Gasteiger partial charge on any atom is -0.405 e. The van der Waals surface area contributed by atoms with Gasteiger partial charge in [0.2, 0.25) is 5.91 Å². The minimum absolute atomic E-state index is 0.0532. The first kappa shape index (κ1) is 23.8. The number of hydrogen-bond acceptors (Lipinski definition) is 4. The summed E-state index contributed by atoms with van der Waals surface area (Å²) in [5.41, 5.74) is 0.375. The van der Waals surface area contributed by atoms with Gasteiger partial charge in [0.15, 0.2) is 5.96 Å². The number of carbonyl (C=O) groups is 1. The van der Waals surface area contributed by atoms with Crippen molar-refractivity contribution in [2.24, 2.45) is 4.99 Å². The Hall–Kier alpha value is -2.49. The molecule has 0 aromatic heterocycles. The molecule has 1 aromatic carbocycles. The Morgan fingerprint density at radius 1 is 1.30 bits per heavy atom. The summed E-state index contributed by atoms with van der Waals surface area (Å²) in [7, 11) is 5.14. The lowest BCUT2D eigenvalue weighted by Gasteiger charge is -2.26. The van der Waals surface area contributed by atoms with Crippen LogP contribution in [0.3, 0.4) is 0 Å². The van der Waals surface area contributed by atoms with Crippen LogP contribution in [-0.4, -0.2) is 74.8 Å². The second-order valence-electron chi connectivity index (χ2n) is 7.29. The number of likely N-dealkylation sites (N-methyl/N-ethyl adjacent to an activating group) is 1. The molecule has 168 valence electrons. The third kappa shape index (κ3) is 7.40. The second kappa shape index (κ2) is 11.1. The molecule has 1 aliphatic rings. The van der Waals surface area contributed by atoms with Crippen molar-refractivity contribution in [1.29, 1.82) is 0 Å². The number of para-hydroxylation sites is 1. The quantitative estimate of drug-likeness (QED) is 0.377. The Morgan fingerprint density at radius 2 is 2.03 bits per heavy atom. The summed E-state index contributed by atoms with van der Waals surface area (Å²) >= 11 is 0. The van der Waals surface area contributed by atoms with Gasteiger partial charge in [-0.2, -0.15) is 0 Å². The summed E-state index contributed by atoms with van der Waals surface area (Å²) in [5, 5.41) is 6.15. The minimum atomic E-state index is -4.74. The fourth-order valence-corrected chi connectivity index (χ4v) is 3.43. The van der Waals surface area contributed by atoms with E-state index in [4.69, 9.17) is 0 Å². The third-order valence-corrected chi connectivity index (χ3v) is 4.87. The van der Waals surface area contributed by atoms with Gasteiger partial charge < -0.3 is 20.3 Å². The molecule has 0 spiro atoms. The number of hydrogen-bond donors (Lipinski definition) is 2. The highest BCUT2D eigenvalue weighted by atomic mass is 19.4. The molecule has 0 saturated carbocycles. The number of ether oxygens (including phenoxy) is 1. The van der Waals surface area contributed by atoms with Crippen molar-refractivity contribution in [2.75, 3.05) is 40.8 Å². The molecule has 1 heterocycles. The van der Waals surface area contributed by atoms with E-state index in [-0.39, 0.29) is 24.2 Å². The molecule has 1 fully saturated rings. The van der Waals surface area contributed by atoms with E-state index < -0.39 is 6.36 Å². The molecule has 30 heavy (non-hydrogen) atoms. The van der Waals surface area contributed by atoms with Crippen molar-refractivity contribution in [1.82, 2.24) is 20.4 Å². The Labute approximate surface area is 175 Å². The van der Waals surface area contributed by atoms with Crippen LogP contribution in [0.25, 0.3) is 0 Å². The van der Waals surface area contributed by atoms with Crippen molar-refractivity contribution in [2.45, 2.75) is 38.2 Å². The zero-order valence-electron chi connectivity index (χ0n) is 17.6. The normalized spacial score (nSPS) is 17.7. The first-order valence-electron chi connectivity index (χ1n) is 9.94. The average Bonchev–Trinajstić information content (AvgIpc) is 3.15. The number of aliphatic imine (C=N–C) groups is 1. The number of rotatable bonds is 8. The number of nitrogens with one attached hydrogen (secondary N) is 2. The maximum atomic E-state index is 12.5. The van der Waals surface area contributed by atoms with Crippen LogP contribution >= 0.6 is 0 Å². The Bertz CT molecular complexity index is 725. The van der Waals surface area contributed by atoms with Gasteiger partial charge in [0.25, 0.3) is 0 Å². The van der Waals surface area contributed by atoms with E-state index in [1.165, 1.54) is 12.1 Å². The number of halogens is 3. The molecule has 2 N–H and O–H groups in total. The first-order chi connectivity index (χ1) is 14.2. The van der Waals surface area contributed by atoms with E-state index in [1.54, 1.807) is 38.2 Å². The van der Waals surface area contributed by atoms with Gasteiger partial charge >= 0.3 is 6.36 Å². The number of benzene rings is 1. The van der Waals surface area contributed by atoms with Crippen LogP contribution in [0.15, 0.2) is 29.3 Å². The maximum Gasteiger partial charge on any atom is 0.573 e. The van der Waals surface area contributed by atoms with E-state index in [1.807, 2.05) is 0 Å². The van der Waals surface area contributed by atoms with E-state index in [0.717, 1.165) is 32.4 Å². The molecular weight excluding hydrogens is 399 g/mol. The Kier molecular flexibility index (Phi) is 8.76. The molecule has 0 radical (unpaired) electrons. The molecule has 1 atom stereocenters. The fourth-order valence-electron chi connectivity index (χ4n) is 3.43. The van der Waals surface area contributed by atoms with Crippen LogP contribution in [-0.2, 0) is 11.3 Å². The predicted molar refractivity (Wildman–Crippen MR) is 109 cm³/mol. The molecule has 1 unspecified atom stereocenters. The highest BCUT2D eigenvalue weighted by Gasteiger charge is 2.32. The lowest BCUT2D eigenvalue weighted by Crippen LogP contribution is -2.44. The zero-order valence-corrected chi connectivity index (χ0v) is 17.6. The molecule has 0 bridgehead atoms. The predicted octanol–water partition coefficient (Wildman–Crippen LogP) is 2.19. The summed E-state index contributed by atoms with van der Waals surface area (Å²) in [6.07, 6.45) is -2.03. The lowest BCUT2D eigenvalue weighted by molar-refractivity contribution is -0.274. The van der Waals surface area contributed by atoms with E-state index in [0.29, 0.717) is 18.1 Å². The van der Waals surface area contributed by atoms with Crippen LogP contribution in [0.2, 0.25) is 0 Å².